The third-order valence-corrected chi connectivity index (χ3v) is 3.27. The zero-order valence-electron chi connectivity index (χ0n) is 8.90. The number of hydrogen-bond donors (Lipinski definition) is 2. The number of anilines is 2. The molecule has 0 saturated carbocycles. The van der Waals surface area contributed by atoms with Crippen molar-refractivity contribution in [2.24, 2.45) is 0 Å². The van der Waals surface area contributed by atoms with E-state index in [9.17, 15) is 4.79 Å². The number of aromatic carboxylic acids is 1. The molecule has 88 valence electrons. The molecule has 2 rings (SSSR count). The molecule has 1 aromatic heterocycles. The first-order valence-electron chi connectivity index (χ1n) is 4.77. The zero-order valence-corrected chi connectivity index (χ0v) is 11.3. The molecule has 2 N–H and O–H groups in total. The first-order valence-corrected chi connectivity index (χ1v) is 6.44. The molecule has 1 aromatic carbocycles. The van der Waals surface area contributed by atoms with E-state index in [1.54, 1.807) is 0 Å². The summed E-state index contributed by atoms with van der Waals surface area (Å²) in [6.07, 6.45) is 0. The van der Waals surface area contributed by atoms with Crippen LogP contribution in [0.1, 0.15) is 16.1 Å². The van der Waals surface area contributed by atoms with E-state index in [0.717, 1.165) is 15.7 Å². The Balaban J connectivity index is 2.31. The number of carboxylic acids is 1. The number of carbonyl (C=O) groups is 1. The Kier molecular flexibility index (Phi) is 3.44. The summed E-state index contributed by atoms with van der Waals surface area (Å²) in [4.78, 5) is 14.7. The topological polar surface area (TPSA) is 62.2 Å². The van der Waals surface area contributed by atoms with Gasteiger partial charge in [0.1, 0.15) is 5.00 Å². The molecule has 0 aliphatic heterocycles. The highest BCUT2D eigenvalue weighted by atomic mass is 79.9. The summed E-state index contributed by atoms with van der Waals surface area (Å²) < 4.78 is 0.946. The average Bonchev–Trinajstić information content (AvgIpc) is 2.63. The molecule has 0 amide bonds. The normalized spacial score (nSPS) is 10.2. The number of nitrogens with zero attached hydrogens (tertiary/aromatic N) is 1. The van der Waals surface area contributed by atoms with Crippen molar-refractivity contribution >= 4 is 43.9 Å². The van der Waals surface area contributed by atoms with Crippen LogP contribution in [0.2, 0.25) is 0 Å². The van der Waals surface area contributed by atoms with E-state index in [0.29, 0.717) is 5.00 Å². The Morgan fingerprint density at radius 3 is 2.88 bits per heavy atom. The lowest BCUT2D eigenvalue weighted by atomic mass is 10.2. The molecular formula is C11H9BrN2O2S. The highest BCUT2D eigenvalue weighted by Crippen LogP contribution is 2.27. The zero-order chi connectivity index (χ0) is 12.4. The van der Waals surface area contributed by atoms with Gasteiger partial charge in [-0.25, -0.2) is 9.78 Å². The predicted octanol–water partition coefficient (Wildman–Crippen LogP) is 3.66. The standard InChI is InChI=1S/C11H9BrN2O2S/c1-6-2-7(12)4-8(3-6)14-10-9(11(15)16)13-5-17-10/h2-5,14H,1H3,(H,15,16). The summed E-state index contributed by atoms with van der Waals surface area (Å²) in [6.45, 7) is 1.97. The van der Waals surface area contributed by atoms with Crippen molar-refractivity contribution in [2.45, 2.75) is 6.92 Å². The van der Waals surface area contributed by atoms with Crippen LogP contribution >= 0.6 is 27.3 Å². The van der Waals surface area contributed by atoms with Gasteiger partial charge in [0.05, 0.1) is 5.51 Å². The number of rotatable bonds is 3. The van der Waals surface area contributed by atoms with E-state index in [1.807, 2.05) is 25.1 Å². The van der Waals surface area contributed by atoms with E-state index in [1.165, 1.54) is 16.8 Å². The predicted molar refractivity (Wildman–Crippen MR) is 71.2 cm³/mol. The molecule has 0 aliphatic rings. The van der Waals surface area contributed by atoms with Crippen molar-refractivity contribution < 1.29 is 9.90 Å². The van der Waals surface area contributed by atoms with Crippen LogP contribution in [-0.4, -0.2) is 16.1 Å². The van der Waals surface area contributed by atoms with Crippen LogP contribution in [0.15, 0.2) is 28.2 Å². The Labute approximate surface area is 110 Å². The van der Waals surface area contributed by atoms with Crippen LogP contribution in [0.25, 0.3) is 0 Å². The van der Waals surface area contributed by atoms with Gasteiger partial charge in [0.2, 0.25) is 0 Å². The number of nitrogens with one attached hydrogen (secondary N) is 1. The van der Waals surface area contributed by atoms with Crippen molar-refractivity contribution in [1.82, 2.24) is 4.98 Å². The number of benzene rings is 1. The Morgan fingerprint density at radius 2 is 2.24 bits per heavy atom. The monoisotopic (exact) mass is 312 g/mol. The largest absolute Gasteiger partial charge is 0.476 e. The molecule has 0 aliphatic carbocycles. The fraction of sp³-hybridized carbons (Fsp3) is 0.0909. The van der Waals surface area contributed by atoms with E-state index in [2.05, 4.69) is 26.2 Å². The molecule has 4 nitrogen and oxygen atoms in total. The van der Waals surface area contributed by atoms with Gasteiger partial charge in [0.15, 0.2) is 5.69 Å². The first kappa shape index (κ1) is 12.1. The van der Waals surface area contributed by atoms with Gasteiger partial charge in [-0.1, -0.05) is 15.9 Å². The number of hydrogen-bond acceptors (Lipinski definition) is 4. The van der Waals surface area contributed by atoms with Crippen molar-refractivity contribution in [2.75, 3.05) is 5.32 Å². The summed E-state index contributed by atoms with van der Waals surface area (Å²) in [5, 5.41) is 12.5. The lowest BCUT2D eigenvalue weighted by Gasteiger charge is -2.06. The second-order valence-electron chi connectivity index (χ2n) is 3.48. The lowest BCUT2D eigenvalue weighted by Crippen LogP contribution is -2.01. The molecule has 6 heteroatoms. The van der Waals surface area contributed by atoms with Gasteiger partial charge in [-0.3, -0.25) is 0 Å². The lowest BCUT2D eigenvalue weighted by molar-refractivity contribution is 0.0692. The minimum Gasteiger partial charge on any atom is -0.476 e. The molecule has 1 heterocycles. The molecule has 0 bridgehead atoms. The molecule has 0 atom stereocenters. The van der Waals surface area contributed by atoms with Crippen molar-refractivity contribution in [3.05, 3.63) is 39.4 Å². The smallest absolute Gasteiger partial charge is 0.357 e. The highest BCUT2D eigenvalue weighted by molar-refractivity contribution is 9.10. The van der Waals surface area contributed by atoms with Gasteiger partial charge in [-0.2, -0.15) is 0 Å². The summed E-state index contributed by atoms with van der Waals surface area (Å²) in [5.41, 5.74) is 3.48. The summed E-state index contributed by atoms with van der Waals surface area (Å²) >= 11 is 4.66. The third-order valence-electron chi connectivity index (χ3n) is 2.07. The number of halogens is 1. The minimum absolute atomic E-state index is 0.0487. The third kappa shape index (κ3) is 2.83. The van der Waals surface area contributed by atoms with Gasteiger partial charge in [0, 0.05) is 10.2 Å². The Hall–Kier alpha value is -1.40. The number of aryl methyl sites for hydroxylation is 1. The highest BCUT2D eigenvalue weighted by Gasteiger charge is 2.13. The molecule has 0 spiro atoms. The van der Waals surface area contributed by atoms with Crippen LogP contribution in [0, 0.1) is 6.92 Å². The van der Waals surface area contributed by atoms with Crippen LogP contribution in [-0.2, 0) is 0 Å². The molecule has 0 radical (unpaired) electrons. The summed E-state index contributed by atoms with van der Waals surface area (Å²) in [5.74, 6) is -1.03. The fourth-order valence-corrected chi connectivity index (χ4v) is 2.73. The van der Waals surface area contributed by atoms with Crippen LogP contribution in [0.3, 0.4) is 0 Å². The second-order valence-corrected chi connectivity index (χ2v) is 5.25. The maximum Gasteiger partial charge on any atom is 0.357 e. The van der Waals surface area contributed by atoms with Gasteiger partial charge in [-0.05, 0) is 30.7 Å². The van der Waals surface area contributed by atoms with Gasteiger partial charge in [0.25, 0.3) is 0 Å². The Morgan fingerprint density at radius 1 is 1.47 bits per heavy atom. The SMILES string of the molecule is Cc1cc(Br)cc(Nc2scnc2C(=O)O)c1. The minimum atomic E-state index is -1.03. The van der Waals surface area contributed by atoms with Gasteiger partial charge in [-0.15, -0.1) is 11.3 Å². The Bertz CT molecular complexity index is 548. The van der Waals surface area contributed by atoms with Crippen molar-refractivity contribution in [3.8, 4) is 0 Å². The van der Waals surface area contributed by atoms with Crippen LogP contribution < -0.4 is 5.32 Å². The maximum atomic E-state index is 10.9. The maximum absolute atomic E-state index is 10.9. The number of thiazole rings is 1. The molecular weight excluding hydrogens is 304 g/mol. The molecule has 2 aromatic rings. The average molecular weight is 313 g/mol. The fourth-order valence-electron chi connectivity index (χ4n) is 1.43. The number of aromatic nitrogens is 1. The first-order chi connectivity index (χ1) is 8.06. The summed E-state index contributed by atoms with van der Waals surface area (Å²) in [6, 6.07) is 5.81. The van der Waals surface area contributed by atoms with E-state index < -0.39 is 5.97 Å². The summed E-state index contributed by atoms with van der Waals surface area (Å²) in [7, 11) is 0. The van der Waals surface area contributed by atoms with Crippen molar-refractivity contribution in [1.29, 1.82) is 0 Å². The van der Waals surface area contributed by atoms with Gasteiger partial charge < -0.3 is 10.4 Å². The molecule has 0 saturated heterocycles. The van der Waals surface area contributed by atoms with E-state index in [4.69, 9.17) is 5.11 Å². The molecule has 0 fully saturated rings. The van der Waals surface area contributed by atoms with E-state index >= 15 is 0 Å². The quantitative estimate of drug-likeness (QED) is 0.908. The van der Waals surface area contributed by atoms with Gasteiger partial charge >= 0.3 is 5.97 Å². The van der Waals surface area contributed by atoms with E-state index in [-0.39, 0.29) is 5.69 Å². The van der Waals surface area contributed by atoms with Crippen LogP contribution in [0.4, 0.5) is 10.7 Å². The second kappa shape index (κ2) is 4.85. The molecule has 17 heavy (non-hydrogen) atoms. The van der Waals surface area contributed by atoms with Crippen molar-refractivity contribution in [3.63, 3.8) is 0 Å². The molecule has 0 unspecified atom stereocenters. The number of carboxylic acid groups (broad SMARTS) is 1. The van der Waals surface area contributed by atoms with Crippen LogP contribution in [0.5, 0.6) is 0 Å².